The first-order valence-corrected chi connectivity index (χ1v) is 13.9. The monoisotopic (exact) mass is 507 g/mol. The average Bonchev–Trinajstić information content (AvgIpc) is 3.17. The van der Waals surface area contributed by atoms with E-state index >= 15 is 0 Å². The van der Waals surface area contributed by atoms with Crippen molar-refractivity contribution in [2.24, 2.45) is 0 Å². The van der Waals surface area contributed by atoms with Crippen LogP contribution in [0.4, 0.5) is 4.79 Å². The first kappa shape index (κ1) is 26.0. The van der Waals surface area contributed by atoms with Crippen LogP contribution in [0.2, 0.25) is 0 Å². The molecule has 1 heterocycles. The zero-order valence-corrected chi connectivity index (χ0v) is 20.9. The summed E-state index contributed by atoms with van der Waals surface area (Å²) < 4.78 is 40.6. The zero-order chi connectivity index (χ0) is 24.4. The highest BCUT2D eigenvalue weighted by atomic mass is 32.2. The van der Waals surface area contributed by atoms with Gasteiger partial charge in [0.1, 0.15) is 19.2 Å². The second-order valence-corrected chi connectivity index (χ2v) is 10.1. The summed E-state index contributed by atoms with van der Waals surface area (Å²) in [6.07, 6.45) is 2.87. The van der Waals surface area contributed by atoms with Crippen LogP contribution < -0.4 is 5.32 Å². The number of nitrogens with one attached hydrogen (secondary N) is 1. The number of alkyl carbamates (subject to hydrolysis) is 1. The highest BCUT2D eigenvalue weighted by Crippen LogP contribution is 2.22. The topological polar surface area (TPSA) is 109 Å². The van der Waals surface area contributed by atoms with Gasteiger partial charge in [-0.2, -0.15) is 20.2 Å². The van der Waals surface area contributed by atoms with Gasteiger partial charge < -0.3 is 19.4 Å². The third-order valence-electron chi connectivity index (χ3n) is 4.85. The van der Waals surface area contributed by atoms with E-state index in [4.69, 9.17) is 13.7 Å². The third-order valence-corrected chi connectivity index (χ3v) is 6.02. The number of para-hydroxylation sites is 1. The molecule has 0 saturated carbocycles. The molecule has 9 nitrogen and oxygen atoms in total. The van der Waals surface area contributed by atoms with Crippen LogP contribution in [0, 0.1) is 0 Å². The van der Waals surface area contributed by atoms with E-state index in [2.05, 4.69) is 10.3 Å². The summed E-state index contributed by atoms with van der Waals surface area (Å²) in [6, 6.07) is 15.1. The molecule has 1 aromatic heterocycles. The molecule has 0 radical (unpaired) electrons. The number of benzene rings is 2. The van der Waals surface area contributed by atoms with E-state index in [1.54, 1.807) is 11.8 Å². The Balaban J connectivity index is 1.74. The SMILES string of the molecule is CSCCOCn1c(CNC(=O)OCc2ccccc2)nc2cccc(CCOS(C)(=O)=O)c21. The Hall–Kier alpha value is -2.60. The Bertz CT molecular complexity index is 1180. The molecule has 34 heavy (non-hydrogen) atoms. The van der Waals surface area contributed by atoms with E-state index in [9.17, 15) is 13.2 Å². The van der Waals surface area contributed by atoms with Crippen molar-refractivity contribution in [3.05, 3.63) is 65.5 Å². The molecule has 0 atom stereocenters. The number of thioether (sulfide) groups is 1. The number of fused-ring (bicyclic) bond motifs is 1. The van der Waals surface area contributed by atoms with E-state index < -0.39 is 16.2 Å². The fraction of sp³-hybridized carbons (Fsp3) is 0.391. The van der Waals surface area contributed by atoms with Gasteiger partial charge in [-0.3, -0.25) is 4.18 Å². The Kier molecular flexibility index (Phi) is 9.75. The number of imidazole rings is 1. The molecule has 0 aliphatic carbocycles. The Morgan fingerprint density at radius 2 is 1.91 bits per heavy atom. The van der Waals surface area contributed by atoms with Gasteiger partial charge in [0.2, 0.25) is 0 Å². The largest absolute Gasteiger partial charge is 0.445 e. The van der Waals surface area contributed by atoms with Crippen molar-refractivity contribution in [1.29, 1.82) is 0 Å². The van der Waals surface area contributed by atoms with E-state index in [-0.39, 0.29) is 26.5 Å². The van der Waals surface area contributed by atoms with Crippen LogP contribution in [0.5, 0.6) is 0 Å². The van der Waals surface area contributed by atoms with Crippen molar-refractivity contribution in [1.82, 2.24) is 14.9 Å². The summed E-state index contributed by atoms with van der Waals surface area (Å²) in [4.78, 5) is 16.9. The summed E-state index contributed by atoms with van der Waals surface area (Å²) in [5.41, 5.74) is 3.31. The number of ether oxygens (including phenoxy) is 2. The fourth-order valence-electron chi connectivity index (χ4n) is 3.31. The first-order valence-electron chi connectivity index (χ1n) is 10.7. The lowest BCUT2D eigenvalue weighted by atomic mass is 10.1. The maximum absolute atomic E-state index is 12.2. The molecule has 1 N–H and O–H groups in total. The van der Waals surface area contributed by atoms with Crippen LogP contribution in [-0.4, -0.2) is 55.5 Å². The number of hydrogen-bond donors (Lipinski definition) is 1. The third kappa shape index (κ3) is 8.01. The zero-order valence-electron chi connectivity index (χ0n) is 19.2. The number of aromatic nitrogens is 2. The van der Waals surface area contributed by atoms with Crippen LogP contribution in [0.1, 0.15) is 17.0 Å². The number of carbonyl (C=O) groups excluding carboxylic acids is 1. The Morgan fingerprint density at radius 1 is 1.12 bits per heavy atom. The highest BCUT2D eigenvalue weighted by Gasteiger charge is 2.16. The van der Waals surface area contributed by atoms with Crippen molar-refractivity contribution in [2.45, 2.75) is 26.3 Å². The molecular formula is C23H29N3O6S2. The van der Waals surface area contributed by atoms with Crippen LogP contribution in [0.25, 0.3) is 11.0 Å². The molecule has 184 valence electrons. The number of amides is 1. The minimum Gasteiger partial charge on any atom is -0.445 e. The van der Waals surface area contributed by atoms with Gasteiger partial charge in [-0.25, -0.2) is 9.78 Å². The predicted octanol–water partition coefficient (Wildman–Crippen LogP) is 3.32. The smallest absolute Gasteiger partial charge is 0.407 e. The molecule has 0 unspecified atom stereocenters. The summed E-state index contributed by atoms with van der Waals surface area (Å²) in [5, 5.41) is 2.75. The maximum atomic E-state index is 12.2. The molecule has 3 rings (SSSR count). The van der Waals surface area contributed by atoms with E-state index in [1.165, 1.54) is 0 Å². The number of carbonyl (C=O) groups is 1. The van der Waals surface area contributed by atoms with E-state index in [1.807, 2.05) is 59.4 Å². The normalized spacial score (nSPS) is 11.6. The van der Waals surface area contributed by atoms with Crippen molar-refractivity contribution in [3.63, 3.8) is 0 Å². The molecule has 0 saturated heterocycles. The van der Waals surface area contributed by atoms with Gasteiger partial charge in [0.15, 0.2) is 0 Å². The lowest BCUT2D eigenvalue weighted by Gasteiger charge is -2.13. The van der Waals surface area contributed by atoms with Crippen molar-refractivity contribution < 1.29 is 26.9 Å². The molecule has 0 aliphatic rings. The maximum Gasteiger partial charge on any atom is 0.407 e. The molecular weight excluding hydrogens is 478 g/mol. The van der Waals surface area contributed by atoms with Crippen LogP contribution >= 0.6 is 11.8 Å². The van der Waals surface area contributed by atoms with Gasteiger partial charge >= 0.3 is 6.09 Å². The summed E-state index contributed by atoms with van der Waals surface area (Å²) in [5.74, 6) is 1.45. The van der Waals surface area contributed by atoms with Crippen molar-refractivity contribution in [2.75, 3.05) is 31.5 Å². The highest BCUT2D eigenvalue weighted by molar-refractivity contribution is 7.98. The molecule has 2 aromatic carbocycles. The van der Waals surface area contributed by atoms with E-state index in [0.717, 1.165) is 34.2 Å². The first-order chi connectivity index (χ1) is 16.4. The quantitative estimate of drug-likeness (QED) is 0.277. The summed E-state index contributed by atoms with van der Waals surface area (Å²) in [7, 11) is -3.53. The Morgan fingerprint density at radius 3 is 2.65 bits per heavy atom. The molecule has 3 aromatic rings. The molecule has 11 heteroatoms. The predicted molar refractivity (Wildman–Crippen MR) is 132 cm³/mol. The van der Waals surface area contributed by atoms with Gasteiger partial charge in [-0.05, 0) is 29.9 Å². The second-order valence-electron chi connectivity index (χ2n) is 7.46. The summed E-state index contributed by atoms with van der Waals surface area (Å²) in [6.45, 7) is 1.15. The molecule has 0 fully saturated rings. The standard InChI is InChI=1S/C23H29N3O6S2/c1-33-14-13-30-17-26-21(15-24-23(27)31-16-18-7-4-3-5-8-18)25-20-10-6-9-19(22(20)26)11-12-32-34(2,28)29/h3-10H,11-17H2,1-2H3,(H,24,27). The molecule has 0 spiro atoms. The summed E-state index contributed by atoms with van der Waals surface area (Å²) >= 11 is 1.68. The molecule has 1 amide bonds. The average molecular weight is 508 g/mol. The number of nitrogens with zero attached hydrogens (tertiary/aromatic N) is 2. The van der Waals surface area contributed by atoms with E-state index in [0.29, 0.717) is 18.9 Å². The van der Waals surface area contributed by atoms with Crippen LogP contribution in [0.15, 0.2) is 48.5 Å². The lowest BCUT2D eigenvalue weighted by Crippen LogP contribution is -2.25. The van der Waals surface area contributed by atoms with Gasteiger partial charge in [-0.1, -0.05) is 42.5 Å². The minimum absolute atomic E-state index is 0.0237. The molecule has 0 aliphatic heterocycles. The van der Waals surface area contributed by atoms with Gasteiger partial charge in [0, 0.05) is 5.75 Å². The number of rotatable bonds is 13. The molecule has 0 bridgehead atoms. The Labute approximate surface area is 203 Å². The van der Waals surface area contributed by atoms with Gasteiger partial charge in [0.05, 0.1) is 37.0 Å². The lowest BCUT2D eigenvalue weighted by molar-refractivity contribution is 0.0899. The fourth-order valence-corrected chi connectivity index (χ4v) is 3.98. The van der Waals surface area contributed by atoms with Gasteiger partial charge in [0.25, 0.3) is 10.1 Å². The van der Waals surface area contributed by atoms with Crippen molar-refractivity contribution >= 4 is 39.0 Å². The van der Waals surface area contributed by atoms with Gasteiger partial charge in [-0.15, -0.1) is 0 Å². The minimum atomic E-state index is -3.53. The number of hydrogen-bond acceptors (Lipinski definition) is 8. The van der Waals surface area contributed by atoms with Crippen molar-refractivity contribution in [3.8, 4) is 0 Å². The second kappa shape index (κ2) is 12.7. The van der Waals surface area contributed by atoms with Crippen LogP contribution in [0.3, 0.4) is 0 Å². The van der Waals surface area contributed by atoms with Crippen LogP contribution in [-0.2, 0) is 50.1 Å².